The van der Waals surface area contributed by atoms with Crippen molar-refractivity contribution >= 4 is 23.1 Å². The maximum absolute atomic E-state index is 11.7. The van der Waals surface area contributed by atoms with Crippen molar-refractivity contribution in [2.24, 2.45) is 0 Å². The Morgan fingerprint density at radius 3 is 2.70 bits per heavy atom. The third kappa shape index (κ3) is 2.05. The van der Waals surface area contributed by atoms with Crippen molar-refractivity contribution in [1.29, 1.82) is 0 Å². The van der Waals surface area contributed by atoms with Crippen LogP contribution in [0.5, 0.6) is 0 Å². The summed E-state index contributed by atoms with van der Waals surface area (Å²) in [7, 11) is 0. The molecule has 0 unspecified atom stereocenters. The van der Waals surface area contributed by atoms with Crippen LogP contribution in [0.25, 0.3) is 5.65 Å². The van der Waals surface area contributed by atoms with Gasteiger partial charge in [0.2, 0.25) is 5.95 Å². The van der Waals surface area contributed by atoms with Gasteiger partial charge in [0.25, 0.3) is 0 Å². The summed E-state index contributed by atoms with van der Waals surface area (Å²) in [6, 6.07) is 8.55. The van der Waals surface area contributed by atoms with Gasteiger partial charge in [-0.05, 0) is 31.2 Å². The van der Waals surface area contributed by atoms with Crippen molar-refractivity contribution in [3.05, 3.63) is 52.6 Å². The van der Waals surface area contributed by atoms with E-state index in [-0.39, 0.29) is 11.5 Å². The highest BCUT2D eigenvalue weighted by molar-refractivity contribution is 5.94. The quantitative estimate of drug-likeness (QED) is 0.700. The van der Waals surface area contributed by atoms with Crippen LogP contribution < -0.4 is 11.0 Å². The number of hydrogen-bond donors (Lipinski definition) is 2. The summed E-state index contributed by atoms with van der Waals surface area (Å²) in [6.07, 6.45) is 1.56. The van der Waals surface area contributed by atoms with Gasteiger partial charge in [-0.15, -0.1) is 0 Å². The molecular formula is C13H11N5O2. The first-order chi connectivity index (χ1) is 9.65. The number of nitrogens with one attached hydrogen (secondary N) is 2. The van der Waals surface area contributed by atoms with E-state index in [9.17, 15) is 9.59 Å². The molecule has 0 atom stereocenters. The molecule has 0 aliphatic carbocycles. The maximum atomic E-state index is 11.7. The Hall–Kier alpha value is -2.96. The molecule has 2 N–H and O–H groups in total. The molecular weight excluding hydrogens is 258 g/mol. The van der Waals surface area contributed by atoms with Crippen LogP contribution in [0, 0.1) is 0 Å². The molecule has 0 fully saturated rings. The number of rotatable bonds is 3. The number of ketones is 1. The number of carbonyl (C=O) groups excluding carboxylic acids is 1. The van der Waals surface area contributed by atoms with Gasteiger partial charge in [0.1, 0.15) is 0 Å². The van der Waals surface area contributed by atoms with E-state index >= 15 is 0 Å². The molecule has 7 heteroatoms. The zero-order valence-corrected chi connectivity index (χ0v) is 10.6. The fraction of sp³-hybridized carbons (Fsp3) is 0.0769. The Morgan fingerprint density at radius 2 is 2.00 bits per heavy atom. The minimum Gasteiger partial charge on any atom is -0.325 e. The third-order valence-electron chi connectivity index (χ3n) is 2.88. The van der Waals surface area contributed by atoms with Crippen molar-refractivity contribution in [3.63, 3.8) is 0 Å². The van der Waals surface area contributed by atoms with E-state index in [0.29, 0.717) is 17.2 Å². The number of benzene rings is 1. The number of nitrogens with zero attached hydrogens (tertiary/aromatic N) is 3. The number of anilines is 2. The molecule has 1 aromatic carbocycles. The highest BCUT2D eigenvalue weighted by Gasteiger charge is 2.07. The van der Waals surface area contributed by atoms with Crippen molar-refractivity contribution < 1.29 is 4.79 Å². The molecule has 0 spiro atoms. The van der Waals surface area contributed by atoms with Gasteiger partial charge in [-0.3, -0.25) is 4.79 Å². The Labute approximate surface area is 113 Å². The summed E-state index contributed by atoms with van der Waals surface area (Å²) < 4.78 is 1.33. The Morgan fingerprint density at radius 1 is 1.25 bits per heavy atom. The van der Waals surface area contributed by atoms with Crippen molar-refractivity contribution in [3.8, 4) is 0 Å². The first kappa shape index (κ1) is 12.1. The number of carbonyl (C=O) groups is 1. The Balaban J connectivity index is 1.99. The molecule has 3 rings (SSSR count). The first-order valence-electron chi connectivity index (χ1n) is 5.95. The number of fused-ring (bicyclic) bond motifs is 1. The van der Waals surface area contributed by atoms with Crippen molar-refractivity contribution in [2.75, 3.05) is 5.32 Å². The molecule has 100 valence electrons. The maximum Gasteiger partial charge on any atom is 0.350 e. The van der Waals surface area contributed by atoms with Gasteiger partial charge in [0, 0.05) is 23.5 Å². The Kier molecular flexibility index (Phi) is 2.79. The molecule has 0 amide bonds. The highest BCUT2D eigenvalue weighted by atomic mass is 16.1. The van der Waals surface area contributed by atoms with Crippen LogP contribution >= 0.6 is 0 Å². The number of aromatic nitrogens is 4. The molecule has 0 radical (unpaired) electrons. The number of hydrogen-bond acceptors (Lipinski definition) is 5. The molecule has 3 aromatic rings. The standard InChI is InChI=1S/C13H11N5O2/c1-8(19)9-2-4-10(5-3-9)15-12-14-7-6-11-16-17-13(20)18(11)12/h2-7H,1H3,(H,14,15)(H,17,20). The minimum atomic E-state index is -0.365. The summed E-state index contributed by atoms with van der Waals surface area (Å²) in [5.74, 6) is 0.361. The molecule has 0 bridgehead atoms. The van der Waals surface area contributed by atoms with Crippen LogP contribution in [0.2, 0.25) is 0 Å². The van der Waals surface area contributed by atoms with Gasteiger partial charge >= 0.3 is 5.69 Å². The highest BCUT2D eigenvalue weighted by Crippen LogP contribution is 2.15. The zero-order chi connectivity index (χ0) is 14.1. The van der Waals surface area contributed by atoms with E-state index in [1.54, 1.807) is 36.5 Å². The predicted octanol–water partition coefficient (Wildman–Crippen LogP) is 1.36. The predicted molar refractivity (Wildman–Crippen MR) is 73.3 cm³/mol. The molecule has 20 heavy (non-hydrogen) atoms. The fourth-order valence-corrected chi connectivity index (χ4v) is 1.86. The third-order valence-corrected chi connectivity index (χ3v) is 2.88. The van der Waals surface area contributed by atoms with Crippen LogP contribution in [-0.2, 0) is 0 Å². The van der Waals surface area contributed by atoms with Gasteiger partial charge in [-0.2, -0.15) is 5.10 Å². The fourth-order valence-electron chi connectivity index (χ4n) is 1.86. The molecule has 0 aliphatic rings. The lowest BCUT2D eigenvalue weighted by molar-refractivity contribution is 0.101. The molecule has 7 nitrogen and oxygen atoms in total. The van der Waals surface area contributed by atoms with Crippen molar-refractivity contribution in [1.82, 2.24) is 19.6 Å². The molecule has 2 heterocycles. The SMILES string of the molecule is CC(=O)c1ccc(Nc2nccc3n[nH]c(=O)n23)cc1. The van der Waals surface area contributed by atoms with Gasteiger partial charge in [0.15, 0.2) is 11.4 Å². The second kappa shape index (κ2) is 4.61. The van der Waals surface area contributed by atoms with Crippen LogP contribution in [-0.4, -0.2) is 25.4 Å². The van der Waals surface area contributed by atoms with Crippen LogP contribution in [0.1, 0.15) is 17.3 Å². The molecule has 2 aromatic heterocycles. The van der Waals surface area contributed by atoms with E-state index in [1.165, 1.54) is 11.3 Å². The van der Waals surface area contributed by atoms with E-state index in [4.69, 9.17) is 0 Å². The lowest BCUT2D eigenvalue weighted by Gasteiger charge is -2.06. The normalized spacial score (nSPS) is 10.7. The van der Waals surface area contributed by atoms with E-state index in [0.717, 1.165) is 5.69 Å². The van der Waals surface area contributed by atoms with Gasteiger partial charge in [-0.1, -0.05) is 0 Å². The number of H-pyrrole nitrogens is 1. The number of aromatic amines is 1. The lowest BCUT2D eigenvalue weighted by atomic mass is 10.1. The summed E-state index contributed by atoms with van der Waals surface area (Å²) >= 11 is 0. The van der Waals surface area contributed by atoms with Gasteiger partial charge < -0.3 is 5.32 Å². The largest absolute Gasteiger partial charge is 0.350 e. The van der Waals surface area contributed by atoms with E-state index < -0.39 is 0 Å². The molecule has 0 saturated heterocycles. The minimum absolute atomic E-state index is 0.00262. The number of Topliss-reactive ketones (excluding diaryl/α,β-unsaturated/α-hetero) is 1. The summed E-state index contributed by atoms with van der Waals surface area (Å²) in [6.45, 7) is 1.51. The summed E-state index contributed by atoms with van der Waals surface area (Å²) in [5, 5.41) is 9.24. The zero-order valence-electron chi connectivity index (χ0n) is 10.6. The average molecular weight is 269 g/mol. The van der Waals surface area contributed by atoms with E-state index in [1.807, 2.05) is 0 Å². The average Bonchev–Trinajstić information content (AvgIpc) is 2.82. The van der Waals surface area contributed by atoms with Crippen LogP contribution in [0.15, 0.2) is 41.3 Å². The summed E-state index contributed by atoms with van der Waals surface area (Å²) in [4.78, 5) is 27.0. The summed E-state index contributed by atoms with van der Waals surface area (Å²) in [5.41, 5.74) is 1.47. The Bertz CT molecular complexity index is 832. The topological polar surface area (TPSA) is 92.2 Å². The molecule has 0 aliphatic heterocycles. The molecule has 0 saturated carbocycles. The lowest BCUT2D eigenvalue weighted by Crippen LogP contribution is -2.14. The van der Waals surface area contributed by atoms with E-state index in [2.05, 4.69) is 20.5 Å². The van der Waals surface area contributed by atoms with Crippen LogP contribution in [0.3, 0.4) is 0 Å². The van der Waals surface area contributed by atoms with Gasteiger partial charge in [-0.25, -0.2) is 19.3 Å². The smallest absolute Gasteiger partial charge is 0.325 e. The monoisotopic (exact) mass is 269 g/mol. The first-order valence-corrected chi connectivity index (χ1v) is 5.95. The van der Waals surface area contributed by atoms with Gasteiger partial charge in [0.05, 0.1) is 0 Å². The van der Waals surface area contributed by atoms with Crippen LogP contribution in [0.4, 0.5) is 11.6 Å². The second-order valence-corrected chi connectivity index (χ2v) is 4.25. The van der Waals surface area contributed by atoms with Crippen molar-refractivity contribution in [2.45, 2.75) is 6.92 Å². The second-order valence-electron chi connectivity index (χ2n) is 4.25.